The fourth-order valence-electron chi connectivity index (χ4n) is 1.71. The molecular weight excluding hydrogens is 220 g/mol. The van der Waals surface area contributed by atoms with Gasteiger partial charge in [-0.05, 0) is 30.2 Å². The number of hydrogen-bond acceptors (Lipinski definition) is 3. The molecule has 1 aromatic heterocycles. The average Bonchev–Trinajstić information content (AvgIpc) is 2.73. The van der Waals surface area contributed by atoms with Gasteiger partial charge >= 0.3 is 5.97 Å². The summed E-state index contributed by atoms with van der Waals surface area (Å²) in [6.45, 7) is 0.705. The molecule has 0 unspecified atom stereocenters. The lowest BCUT2D eigenvalue weighted by Gasteiger charge is -2.13. The van der Waals surface area contributed by atoms with Crippen molar-refractivity contribution in [2.75, 3.05) is 11.4 Å². The van der Waals surface area contributed by atoms with Crippen molar-refractivity contribution in [2.45, 2.75) is 12.8 Å². The highest BCUT2D eigenvalue weighted by Gasteiger charge is 2.22. The molecule has 0 bridgehead atoms. The van der Waals surface area contributed by atoms with E-state index in [-0.39, 0.29) is 5.91 Å². The first-order valence-electron chi connectivity index (χ1n) is 5.34. The van der Waals surface area contributed by atoms with Crippen molar-refractivity contribution >= 4 is 23.8 Å². The Kier molecular flexibility index (Phi) is 3.18. The van der Waals surface area contributed by atoms with Crippen molar-refractivity contribution in [3.05, 3.63) is 30.0 Å². The molecule has 1 aliphatic rings. The highest BCUT2D eigenvalue weighted by Crippen LogP contribution is 2.19. The second kappa shape index (κ2) is 4.78. The van der Waals surface area contributed by atoms with Crippen molar-refractivity contribution in [3.63, 3.8) is 0 Å². The number of pyridine rings is 1. The molecule has 1 aliphatic heterocycles. The van der Waals surface area contributed by atoms with E-state index in [1.807, 2.05) is 0 Å². The van der Waals surface area contributed by atoms with Crippen LogP contribution in [-0.4, -0.2) is 28.5 Å². The minimum Gasteiger partial charge on any atom is -0.478 e. The summed E-state index contributed by atoms with van der Waals surface area (Å²) in [5, 5.41) is 8.48. The monoisotopic (exact) mass is 232 g/mol. The van der Waals surface area contributed by atoms with Crippen LogP contribution in [-0.2, 0) is 9.59 Å². The fourth-order valence-corrected chi connectivity index (χ4v) is 1.71. The van der Waals surface area contributed by atoms with Gasteiger partial charge in [-0.3, -0.25) is 9.69 Å². The summed E-state index contributed by atoms with van der Waals surface area (Å²) in [6.07, 6.45) is 5.51. The van der Waals surface area contributed by atoms with E-state index in [1.165, 1.54) is 6.08 Å². The van der Waals surface area contributed by atoms with Crippen LogP contribution in [0.25, 0.3) is 6.08 Å². The second-order valence-corrected chi connectivity index (χ2v) is 3.77. The van der Waals surface area contributed by atoms with E-state index in [0.29, 0.717) is 24.3 Å². The highest BCUT2D eigenvalue weighted by molar-refractivity contribution is 5.94. The molecule has 1 amide bonds. The largest absolute Gasteiger partial charge is 0.478 e. The number of amides is 1. The van der Waals surface area contributed by atoms with E-state index in [2.05, 4.69) is 4.98 Å². The first kappa shape index (κ1) is 11.3. The quantitative estimate of drug-likeness (QED) is 0.797. The Bertz CT molecular complexity index is 465. The van der Waals surface area contributed by atoms with E-state index in [4.69, 9.17) is 5.11 Å². The van der Waals surface area contributed by atoms with Crippen LogP contribution in [0.2, 0.25) is 0 Å². The van der Waals surface area contributed by atoms with Crippen LogP contribution < -0.4 is 4.90 Å². The second-order valence-electron chi connectivity index (χ2n) is 3.77. The summed E-state index contributed by atoms with van der Waals surface area (Å²) in [7, 11) is 0. The van der Waals surface area contributed by atoms with Crippen molar-refractivity contribution in [1.29, 1.82) is 0 Å². The lowest BCUT2D eigenvalue weighted by atomic mass is 10.2. The standard InChI is InChI=1S/C12H12N2O3/c15-11-2-1-7-14(11)10-5-3-9(8-13-10)4-6-12(16)17/h3-6,8H,1-2,7H2,(H,16,17). The van der Waals surface area contributed by atoms with Gasteiger partial charge in [0.25, 0.3) is 0 Å². The predicted octanol–water partition coefficient (Wildman–Crippen LogP) is 1.31. The Hall–Kier alpha value is -2.17. The Morgan fingerprint density at radius 3 is 2.82 bits per heavy atom. The molecule has 1 saturated heterocycles. The van der Waals surface area contributed by atoms with Crippen LogP contribution in [0, 0.1) is 0 Å². The fraction of sp³-hybridized carbons (Fsp3) is 0.250. The number of carbonyl (C=O) groups excluding carboxylic acids is 1. The Balaban J connectivity index is 2.12. The zero-order valence-corrected chi connectivity index (χ0v) is 9.17. The first-order chi connectivity index (χ1) is 8.16. The number of carboxylic acid groups (broad SMARTS) is 1. The Morgan fingerprint density at radius 1 is 1.47 bits per heavy atom. The van der Waals surface area contributed by atoms with E-state index >= 15 is 0 Å². The zero-order chi connectivity index (χ0) is 12.3. The first-order valence-corrected chi connectivity index (χ1v) is 5.34. The maximum absolute atomic E-state index is 11.5. The number of aliphatic carboxylic acids is 1. The van der Waals surface area contributed by atoms with Gasteiger partial charge < -0.3 is 5.11 Å². The number of carbonyl (C=O) groups is 2. The van der Waals surface area contributed by atoms with Gasteiger partial charge in [-0.2, -0.15) is 0 Å². The van der Waals surface area contributed by atoms with Gasteiger partial charge in [-0.1, -0.05) is 0 Å². The van der Waals surface area contributed by atoms with Crippen molar-refractivity contribution in [3.8, 4) is 0 Å². The van der Waals surface area contributed by atoms with Crippen LogP contribution in [0.1, 0.15) is 18.4 Å². The molecule has 1 fully saturated rings. The van der Waals surface area contributed by atoms with Gasteiger partial charge in [0.1, 0.15) is 5.82 Å². The van der Waals surface area contributed by atoms with Crippen LogP contribution in [0.4, 0.5) is 5.82 Å². The molecule has 0 aromatic carbocycles. The molecule has 2 heterocycles. The highest BCUT2D eigenvalue weighted by atomic mass is 16.4. The molecule has 17 heavy (non-hydrogen) atoms. The zero-order valence-electron chi connectivity index (χ0n) is 9.17. The Morgan fingerprint density at radius 2 is 2.29 bits per heavy atom. The normalized spacial score (nSPS) is 15.8. The number of anilines is 1. The summed E-state index contributed by atoms with van der Waals surface area (Å²) in [6, 6.07) is 3.47. The molecule has 2 rings (SSSR count). The third-order valence-corrected chi connectivity index (χ3v) is 2.54. The maximum atomic E-state index is 11.5. The number of carboxylic acids is 1. The topological polar surface area (TPSA) is 70.5 Å². The molecular formula is C12H12N2O3. The molecule has 0 atom stereocenters. The van der Waals surface area contributed by atoms with E-state index < -0.39 is 5.97 Å². The SMILES string of the molecule is O=C(O)C=Cc1ccc(N2CCCC2=O)nc1. The van der Waals surface area contributed by atoms with Crippen molar-refractivity contribution in [2.24, 2.45) is 0 Å². The predicted molar refractivity (Wildman–Crippen MR) is 62.5 cm³/mol. The summed E-state index contributed by atoms with van der Waals surface area (Å²) >= 11 is 0. The summed E-state index contributed by atoms with van der Waals surface area (Å²) in [5.41, 5.74) is 0.697. The lowest BCUT2D eigenvalue weighted by molar-refractivity contribution is -0.131. The van der Waals surface area contributed by atoms with Crippen LogP contribution in [0.15, 0.2) is 24.4 Å². The third-order valence-electron chi connectivity index (χ3n) is 2.54. The molecule has 0 saturated carbocycles. The van der Waals surface area contributed by atoms with Gasteiger partial charge in [0.05, 0.1) is 0 Å². The van der Waals surface area contributed by atoms with Crippen molar-refractivity contribution < 1.29 is 14.7 Å². The van der Waals surface area contributed by atoms with Crippen LogP contribution in [0.5, 0.6) is 0 Å². The number of hydrogen-bond donors (Lipinski definition) is 1. The van der Waals surface area contributed by atoms with E-state index in [0.717, 1.165) is 12.5 Å². The van der Waals surface area contributed by atoms with Gasteiger partial charge in [-0.25, -0.2) is 9.78 Å². The van der Waals surface area contributed by atoms with Gasteiger partial charge in [0.15, 0.2) is 0 Å². The van der Waals surface area contributed by atoms with E-state index in [1.54, 1.807) is 23.2 Å². The molecule has 0 radical (unpaired) electrons. The average molecular weight is 232 g/mol. The summed E-state index contributed by atoms with van der Waals surface area (Å²) in [4.78, 5) is 27.6. The molecule has 5 heteroatoms. The van der Waals surface area contributed by atoms with Crippen molar-refractivity contribution in [1.82, 2.24) is 4.98 Å². The number of rotatable bonds is 3. The minimum atomic E-state index is -0.996. The van der Waals surface area contributed by atoms with Gasteiger partial charge in [0.2, 0.25) is 5.91 Å². The summed E-state index contributed by atoms with van der Waals surface area (Å²) < 4.78 is 0. The Labute approximate surface area is 98.4 Å². The number of aromatic nitrogens is 1. The molecule has 5 nitrogen and oxygen atoms in total. The number of nitrogens with zero attached hydrogens (tertiary/aromatic N) is 2. The molecule has 1 N–H and O–H groups in total. The third kappa shape index (κ3) is 2.69. The summed E-state index contributed by atoms with van der Waals surface area (Å²) in [5.74, 6) is -0.282. The molecule has 88 valence electrons. The van der Waals surface area contributed by atoms with Crippen LogP contribution in [0.3, 0.4) is 0 Å². The molecule has 0 spiro atoms. The molecule has 1 aromatic rings. The maximum Gasteiger partial charge on any atom is 0.328 e. The lowest BCUT2D eigenvalue weighted by Crippen LogP contribution is -2.24. The van der Waals surface area contributed by atoms with Gasteiger partial charge in [0, 0.05) is 25.2 Å². The van der Waals surface area contributed by atoms with Gasteiger partial charge in [-0.15, -0.1) is 0 Å². The molecule has 0 aliphatic carbocycles. The van der Waals surface area contributed by atoms with Crippen LogP contribution >= 0.6 is 0 Å². The van der Waals surface area contributed by atoms with E-state index in [9.17, 15) is 9.59 Å². The minimum absolute atomic E-state index is 0.0892. The smallest absolute Gasteiger partial charge is 0.328 e.